The molecule has 0 heterocycles. The molecule has 0 spiro atoms. The molecular weight excluding hydrogens is 283 g/mol. The van der Waals surface area contributed by atoms with Crippen LogP contribution in [0.3, 0.4) is 0 Å². The Labute approximate surface area is 134 Å². The Hall–Kier alpha value is 0.720. The van der Waals surface area contributed by atoms with Crippen LogP contribution in [0.25, 0.3) is 0 Å². The molecule has 0 radical (unpaired) electrons. The molecule has 0 aliphatic heterocycles. The zero-order valence-electron chi connectivity index (χ0n) is 14.7. The third-order valence-corrected chi connectivity index (χ3v) is 13.7. The van der Waals surface area contributed by atoms with Crippen LogP contribution in [0.1, 0.15) is 91.9 Å². The fraction of sp³-hybridized carbons (Fsp3) is 1.00. The van der Waals surface area contributed by atoms with E-state index in [0.717, 1.165) is 0 Å². The quantitative estimate of drug-likeness (QED) is 0.227. The first kappa shape index (κ1) is 20.7. The van der Waals surface area contributed by atoms with Crippen molar-refractivity contribution in [2.24, 2.45) is 0 Å². The summed E-state index contributed by atoms with van der Waals surface area (Å²) in [6, 6.07) is 0. The van der Waals surface area contributed by atoms with Gasteiger partial charge in [-0.15, -0.1) is 0 Å². The number of hydrogen-bond donors (Lipinski definition) is 0. The Kier molecular flexibility index (Phi) is 11.7. The maximum atomic E-state index is 7.32. The number of halogens is 1. The summed E-state index contributed by atoms with van der Waals surface area (Å²) >= 11 is 7.32. The second kappa shape index (κ2) is 11.3. The van der Waals surface area contributed by atoms with Crippen molar-refractivity contribution in [3.63, 3.8) is 0 Å². The van der Waals surface area contributed by atoms with Gasteiger partial charge >= 0.3 is 134 Å². The Morgan fingerprint density at radius 1 is 0.550 bits per heavy atom. The molecule has 0 N–H and O–H groups in total. The summed E-state index contributed by atoms with van der Waals surface area (Å²) < 4.78 is 0. The van der Waals surface area contributed by atoms with Gasteiger partial charge in [-0.25, -0.2) is 0 Å². The van der Waals surface area contributed by atoms with E-state index < -0.39 is 5.96 Å². The molecule has 0 nitrogen and oxygen atoms in total. The monoisotopic (exact) mass is 322 g/mol. The Bertz CT molecular complexity index is 205. The molecule has 0 aromatic carbocycles. The summed E-state index contributed by atoms with van der Waals surface area (Å²) in [7, 11) is 0. The molecule has 0 atom stereocenters. The van der Waals surface area contributed by atoms with E-state index >= 15 is 0 Å². The maximum absolute atomic E-state index is 7.32. The van der Waals surface area contributed by atoms with Crippen LogP contribution in [-0.4, -0.2) is 24.6 Å². The van der Waals surface area contributed by atoms with Gasteiger partial charge in [0.05, 0.1) is 0 Å². The van der Waals surface area contributed by atoms with E-state index in [1.54, 1.807) is 0 Å². The van der Waals surface area contributed by atoms with E-state index in [9.17, 15) is 0 Å². The first-order valence-corrected chi connectivity index (χ1v) is 13.1. The van der Waals surface area contributed by atoms with Gasteiger partial charge in [-0.05, 0) is 0 Å². The van der Waals surface area contributed by atoms with E-state index in [1.165, 1.54) is 88.9 Å². The molecule has 2 heteroatoms. The Balaban J connectivity index is 4.16. The molecule has 0 aliphatic carbocycles. The zero-order valence-corrected chi connectivity index (χ0v) is 16.4. The van der Waals surface area contributed by atoms with Gasteiger partial charge in [-0.1, -0.05) is 0 Å². The molecule has 0 aliphatic rings. The summed E-state index contributed by atoms with van der Waals surface area (Å²) in [5.74, 6) is -1.87. The van der Waals surface area contributed by atoms with Gasteiger partial charge in [0.15, 0.2) is 0 Å². The van der Waals surface area contributed by atoms with Crippen molar-refractivity contribution in [3.05, 3.63) is 0 Å². The van der Waals surface area contributed by atoms with E-state index in [4.69, 9.17) is 11.2 Å². The molecule has 20 heavy (non-hydrogen) atoms. The summed E-state index contributed by atoms with van der Waals surface area (Å²) in [4.78, 5) is 0. The van der Waals surface area contributed by atoms with Crippen LogP contribution in [0, 0.1) is 0 Å². The molecule has 124 valence electrons. The summed E-state index contributed by atoms with van der Waals surface area (Å²) in [6.45, 7) is 9.28. The molecule has 0 unspecified atom stereocenters. The van der Waals surface area contributed by atoms with Gasteiger partial charge in [0.2, 0.25) is 0 Å². The predicted molar refractivity (Wildman–Crippen MR) is 101 cm³/mol. The van der Waals surface area contributed by atoms with Crippen molar-refractivity contribution in [2.45, 2.75) is 91.9 Å². The third-order valence-electron chi connectivity index (χ3n) is 5.22. The van der Waals surface area contributed by atoms with Crippen LogP contribution in [0.2, 0.25) is 0 Å². The Morgan fingerprint density at radius 3 is 1.20 bits per heavy atom. The third kappa shape index (κ3) is 8.23. The van der Waals surface area contributed by atoms with Crippen LogP contribution in [0.4, 0.5) is 0 Å². The van der Waals surface area contributed by atoms with Crippen LogP contribution in [0.15, 0.2) is 0 Å². The molecule has 0 fully saturated rings. The van der Waals surface area contributed by atoms with E-state index in [2.05, 4.69) is 27.7 Å². The molecule has 0 bridgehead atoms. The van der Waals surface area contributed by atoms with Crippen molar-refractivity contribution in [2.75, 3.05) is 24.6 Å². The van der Waals surface area contributed by atoms with Crippen LogP contribution in [0.5, 0.6) is 0 Å². The second-order valence-electron chi connectivity index (χ2n) is 6.73. The van der Waals surface area contributed by atoms with Crippen LogP contribution < -0.4 is 0 Å². The first-order chi connectivity index (χ1) is 9.54. The molecule has 0 aromatic rings. The van der Waals surface area contributed by atoms with Gasteiger partial charge in [0.1, 0.15) is 0 Å². The van der Waals surface area contributed by atoms with Gasteiger partial charge in [-0.2, -0.15) is 0 Å². The fourth-order valence-corrected chi connectivity index (χ4v) is 7.87. The molecule has 0 amide bonds. The van der Waals surface area contributed by atoms with Crippen molar-refractivity contribution >= 4 is 17.2 Å². The first-order valence-electron chi connectivity index (χ1n) is 9.26. The minimum atomic E-state index is -1.87. The zero-order chi connectivity index (χ0) is 15.3. The molecule has 0 saturated carbocycles. The van der Waals surface area contributed by atoms with E-state index in [-0.39, 0.29) is 0 Å². The standard InChI is InChI=1S/C18H40ClP/c1-5-9-11-13-15-17-20(19,7-3,8-4)18-16-14-12-10-6-2/h5-18H2,1-4H3. The van der Waals surface area contributed by atoms with Crippen molar-refractivity contribution in [1.82, 2.24) is 0 Å². The average molecular weight is 323 g/mol. The fourth-order valence-electron chi connectivity index (χ4n) is 3.19. The second-order valence-corrected chi connectivity index (χ2v) is 15.4. The van der Waals surface area contributed by atoms with Crippen molar-refractivity contribution < 1.29 is 0 Å². The predicted octanol–water partition coefficient (Wildman–Crippen LogP) is 7.67. The van der Waals surface area contributed by atoms with Crippen molar-refractivity contribution in [3.8, 4) is 0 Å². The van der Waals surface area contributed by atoms with Gasteiger partial charge in [-0.3, -0.25) is 0 Å². The normalized spacial score (nSPS) is 14.2. The number of rotatable bonds is 14. The summed E-state index contributed by atoms with van der Waals surface area (Å²) in [5.41, 5.74) is 0. The van der Waals surface area contributed by atoms with Gasteiger partial charge < -0.3 is 0 Å². The molecule has 0 aromatic heterocycles. The minimum absolute atomic E-state index is 1.26. The summed E-state index contributed by atoms with van der Waals surface area (Å²) in [5, 5.41) is 0. The topological polar surface area (TPSA) is 0 Å². The van der Waals surface area contributed by atoms with E-state index in [1.807, 2.05) is 0 Å². The Morgan fingerprint density at radius 2 is 0.900 bits per heavy atom. The van der Waals surface area contributed by atoms with Crippen LogP contribution in [-0.2, 0) is 0 Å². The molecule has 0 saturated heterocycles. The number of unbranched alkanes of at least 4 members (excludes halogenated alkanes) is 8. The summed E-state index contributed by atoms with van der Waals surface area (Å²) in [6.07, 6.45) is 19.0. The van der Waals surface area contributed by atoms with Gasteiger partial charge in [0.25, 0.3) is 0 Å². The molecule has 0 rings (SSSR count). The molecular formula is C18H40ClP. The van der Waals surface area contributed by atoms with Crippen LogP contribution >= 0.6 is 17.2 Å². The van der Waals surface area contributed by atoms with Crippen molar-refractivity contribution in [1.29, 1.82) is 0 Å². The van der Waals surface area contributed by atoms with Gasteiger partial charge in [0, 0.05) is 0 Å². The number of hydrogen-bond acceptors (Lipinski definition) is 0. The SMILES string of the molecule is CCCCCCCP(Cl)(CC)(CC)CCCCCCC. The van der Waals surface area contributed by atoms with E-state index in [0.29, 0.717) is 0 Å². The average Bonchev–Trinajstić information content (AvgIpc) is 2.47.